The largest absolute Gasteiger partial charge is 0.388 e. The van der Waals surface area contributed by atoms with Crippen molar-refractivity contribution in [3.05, 3.63) is 68.9 Å². The zero-order chi connectivity index (χ0) is 14.0. The summed E-state index contributed by atoms with van der Waals surface area (Å²) in [6.07, 6.45) is -0.217. The second-order valence-corrected chi connectivity index (χ2v) is 5.76. The topological polar surface area (TPSA) is 20.2 Å². The van der Waals surface area contributed by atoms with E-state index in [1.54, 1.807) is 6.07 Å². The van der Waals surface area contributed by atoms with Gasteiger partial charge in [-0.25, -0.2) is 4.39 Å². The molecule has 0 heterocycles. The minimum atomic E-state index is -0.700. The van der Waals surface area contributed by atoms with Gasteiger partial charge in [-0.2, -0.15) is 0 Å². The number of halogens is 2. The summed E-state index contributed by atoms with van der Waals surface area (Å²) in [5, 5.41) is 10.2. The summed E-state index contributed by atoms with van der Waals surface area (Å²) in [7, 11) is 0. The van der Waals surface area contributed by atoms with Gasteiger partial charge in [-0.05, 0) is 54.3 Å². The Kier molecular flexibility index (Phi) is 4.38. The molecule has 0 aliphatic rings. The van der Waals surface area contributed by atoms with E-state index in [0.717, 1.165) is 5.56 Å². The van der Waals surface area contributed by atoms with E-state index in [9.17, 15) is 9.50 Å². The van der Waals surface area contributed by atoms with Gasteiger partial charge in [0.15, 0.2) is 0 Å². The molecule has 0 saturated heterocycles. The van der Waals surface area contributed by atoms with Crippen LogP contribution in [-0.2, 0) is 6.42 Å². The van der Waals surface area contributed by atoms with Crippen LogP contribution in [0.2, 0.25) is 0 Å². The molecule has 3 heteroatoms. The summed E-state index contributed by atoms with van der Waals surface area (Å²) in [5.41, 5.74) is 4.07. The van der Waals surface area contributed by atoms with Crippen molar-refractivity contribution in [3.8, 4) is 0 Å². The first kappa shape index (κ1) is 14.2. The van der Waals surface area contributed by atoms with Crippen LogP contribution in [0.4, 0.5) is 4.39 Å². The number of hydrogen-bond donors (Lipinski definition) is 1. The van der Waals surface area contributed by atoms with Gasteiger partial charge < -0.3 is 5.11 Å². The molecule has 1 unspecified atom stereocenters. The SMILES string of the molecule is Cc1ccc(CC(O)c2cc(F)cc(Br)c2)cc1C. The first-order valence-corrected chi connectivity index (χ1v) is 6.95. The van der Waals surface area contributed by atoms with Crippen molar-refractivity contribution in [2.75, 3.05) is 0 Å². The van der Waals surface area contributed by atoms with Crippen LogP contribution in [0.15, 0.2) is 40.9 Å². The highest BCUT2D eigenvalue weighted by molar-refractivity contribution is 9.10. The van der Waals surface area contributed by atoms with Gasteiger partial charge in [0.2, 0.25) is 0 Å². The quantitative estimate of drug-likeness (QED) is 0.883. The van der Waals surface area contributed by atoms with E-state index in [0.29, 0.717) is 16.5 Å². The number of aliphatic hydroxyl groups excluding tert-OH is 1. The number of aliphatic hydroxyl groups is 1. The fourth-order valence-electron chi connectivity index (χ4n) is 2.04. The van der Waals surface area contributed by atoms with Crippen LogP contribution in [0.25, 0.3) is 0 Å². The fourth-order valence-corrected chi connectivity index (χ4v) is 2.52. The first-order chi connectivity index (χ1) is 8.95. The van der Waals surface area contributed by atoms with E-state index < -0.39 is 6.10 Å². The van der Waals surface area contributed by atoms with E-state index in [1.165, 1.54) is 23.3 Å². The van der Waals surface area contributed by atoms with Crippen LogP contribution in [0, 0.1) is 19.7 Å². The van der Waals surface area contributed by atoms with Crippen LogP contribution in [0.1, 0.15) is 28.4 Å². The van der Waals surface area contributed by atoms with Gasteiger partial charge in [0, 0.05) is 10.9 Å². The molecular formula is C16H16BrFO. The molecule has 0 aromatic heterocycles. The van der Waals surface area contributed by atoms with Crippen molar-refractivity contribution in [1.29, 1.82) is 0 Å². The standard InChI is InChI=1S/C16H16BrFO/c1-10-3-4-12(5-11(10)2)6-16(19)13-7-14(17)9-15(18)8-13/h3-5,7-9,16,19H,6H2,1-2H3. The molecule has 1 N–H and O–H groups in total. The third-order valence-electron chi connectivity index (χ3n) is 3.27. The van der Waals surface area contributed by atoms with Crippen molar-refractivity contribution in [2.24, 2.45) is 0 Å². The van der Waals surface area contributed by atoms with Gasteiger partial charge in [0.05, 0.1) is 6.10 Å². The number of rotatable bonds is 3. The van der Waals surface area contributed by atoms with Gasteiger partial charge in [-0.15, -0.1) is 0 Å². The molecule has 100 valence electrons. The van der Waals surface area contributed by atoms with Crippen molar-refractivity contribution >= 4 is 15.9 Å². The minimum absolute atomic E-state index is 0.344. The molecule has 1 nitrogen and oxygen atoms in total. The Morgan fingerprint density at radius 1 is 1.11 bits per heavy atom. The summed E-state index contributed by atoms with van der Waals surface area (Å²) in [6.45, 7) is 4.10. The second-order valence-electron chi connectivity index (χ2n) is 4.84. The first-order valence-electron chi connectivity index (χ1n) is 6.16. The number of benzene rings is 2. The Morgan fingerprint density at radius 2 is 1.84 bits per heavy atom. The summed E-state index contributed by atoms with van der Waals surface area (Å²) >= 11 is 3.24. The third-order valence-corrected chi connectivity index (χ3v) is 3.73. The predicted molar refractivity (Wildman–Crippen MR) is 78.7 cm³/mol. The lowest BCUT2D eigenvalue weighted by atomic mass is 9.98. The second kappa shape index (κ2) is 5.85. The molecule has 0 aliphatic heterocycles. The highest BCUT2D eigenvalue weighted by Gasteiger charge is 2.11. The Hall–Kier alpha value is -1.19. The number of aryl methyl sites for hydroxylation is 2. The zero-order valence-corrected chi connectivity index (χ0v) is 12.5. The van der Waals surface area contributed by atoms with E-state index >= 15 is 0 Å². The van der Waals surface area contributed by atoms with Gasteiger partial charge in [0.25, 0.3) is 0 Å². The van der Waals surface area contributed by atoms with E-state index in [2.05, 4.69) is 28.9 Å². The fraction of sp³-hybridized carbons (Fsp3) is 0.250. The summed E-state index contributed by atoms with van der Waals surface area (Å²) < 4.78 is 13.9. The lowest BCUT2D eigenvalue weighted by Crippen LogP contribution is -2.03. The summed E-state index contributed by atoms with van der Waals surface area (Å²) in [5.74, 6) is -0.344. The molecule has 0 radical (unpaired) electrons. The van der Waals surface area contributed by atoms with Crippen LogP contribution in [0.5, 0.6) is 0 Å². The van der Waals surface area contributed by atoms with Gasteiger partial charge in [0.1, 0.15) is 5.82 Å². The highest BCUT2D eigenvalue weighted by atomic mass is 79.9. The Morgan fingerprint density at radius 3 is 2.47 bits per heavy atom. The molecule has 2 rings (SSSR count). The Labute approximate surface area is 121 Å². The summed E-state index contributed by atoms with van der Waals surface area (Å²) in [6, 6.07) is 10.6. The maximum atomic E-state index is 13.3. The number of hydrogen-bond acceptors (Lipinski definition) is 1. The van der Waals surface area contributed by atoms with Crippen LogP contribution >= 0.6 is 15.9 Å². The molecule has 0 fully saturated rings. The van der Waals surface area contributed by atoms with Crippen LogP contribution in [-0.4, -0.2) is 5.11 Å². The predicted octanol–water partition coefficient (Wildman–Crippen LogP) is 4.48. The van der Waals surface area contributed by atoms with E-state index in [4.69, 9.17) is 0 Å². The third kappa shape index (κ3) is 3.64. The van der Waals surface area contributed by atoms with Crippen molar-refractivity contribution < 1.29 is 9.50 Å². The molecule has 0 spiro atoms. The maximum Gasteiger partial charge on any atom is 0.124 e. The monoisotopic (exact) mass is 322 g/mol. The van der Waals surface area contributed by atoms with Crippen molar-refractivity contribution in [1.82, 2.24) is 0 Å². The average Bonchev–Trinajstić information content (AvgIpc) is 2.32. The van der Waals surface area contributed by atoms with Gasteiger partial charge >= 0.3 is 0 Å². The van der Waals surface area contributed by atoms with Crippen molar-refractivity contribution in [2.45, 2.75) is 26.4 Å². The van der Waals surface area contributed by atoms with E-state index in [-0.39, 0.29) is 5.82 Å². The highest BCUT2D eigenvalue weighted by Crippen LogP contribution is 2.24. The maximum absolute atomic E-state index is 13.3. The normalized spacial score (nSPS) is 12.5. The zero-order valence-electron chi connectivity index (χ0n) is 11.0. The average molecular weight is 323 g/mol. The Balaban J connectivity index is 2.20. The van der Waals surface area contributed by atoms with Crippen molar-refractivity contribution in [3.63, 3.8) is 0 Å². The molecule has 0 saturated carbocycles. The lowest BCUT2D eigenvalue weighted by Gasteiger charge is -2.13. The van der Waals surface area contributed by atoms with E-state index in [1.807, 2.05) is 19.1 Å². The summed E-state index contributed by atoms with van der Waals surface area (Å²) in [4.78, 5) is 0. The Bertz CT molecular complexity index is 575. The lowest BCUT2D eigenvalue weighted by molar-refractivity contribution is 0.178. The smallest absolute Gasteiger partial charge is 0.124 e. The van der Waals surface area contributed by atoms with Gasteiger partial charge in [-0.3, -0.25) is 0 Å². The van der Waals surface area contributed by atoms with Crippen LogP contribution in [0.3, 0.4) is 0 Å². The molecule has 2 aromatic carbocycles. The molecule has 1 atom stereocenters. The molecule has 2 aromatic rings. The molecular weight excluding hydrogens is 307 g/mol. The molecule has 0 amide bonds. The van der Waals surface area contributed by atoms with Crippen LogP contribution < -0.4 is 0 Å². The minimum Gasteiger partial charge on any atom is -0.388 e. The molecule has 0 aliphatic carbocycles. The molecule has 19 heavy (non-hydrogen) atoms. The van der Waals surface area contributed by atoms with Gasteiger partial charge in [-0.1, -0.05) is 34.1 Å². The molecule has 0 bridgehead atoms.